The van der Waals surface area contributed by atoms with Gasteiger partial charge in [0.1, 0.15) is 5.75 Å². The lowest BCUT2D eigenvalue weighted by Gasteiger charge is -2.33. The van der Waals surface area contributed by atoms with Crippen molar-refractivity contribution in [1.82, 2.24) is 10.2 Å². The molecule has 26 heavy (non-hydrogen) atoms. The second kappa shape index (κ2) is 9.36. The van der Waals surface area contributed by atoms with E-state index in [9.17, 15) is 9.59 Å². The van der Waals surface area contributed by atoms with E-state index in [1.165, 1.54) is 0 Å². The number of nitrogens with zero attached hydrogens (tertiary/aromatic N) is 1. The Bertz CT molecular complexity index is 734. The van der Waals surface area contributed by atoms with Gasteiger partial charge in [-0.1, -0.05) is 30.3 Å². The van der Waals surface area contributed by atoms with Gasteiger partial charge >= 0.3 is 0 Å². The molecule has 0 unspecified atom stereocenters. The van der Waals surface area contributed by atoms with E-state index in [2.05, 4.69) is 5.32 Å². The summed E-state index contributed by atoms with van der Waals surface area (Å²) in [5.41, 5.74) is 1.25. The van der Waals surface area contributed by atoms with Crippen molar-refractivity contribution < 1.29 is 14.3 Å². The molecule has 138 valence electrons. The van der Waals surface area contributed by atoms with E-state index < -0.39 is 0 Å². The molecule has 0 aliphatic carbocycles. The normalized spacial score (nSPS) is 16.5. The third-order valence-electron chi connectivity index (χ3n) is 4.34. The minimum Gasteiger partial charge on any atom is -0.484 e. The summed E-state index contributed by atoms with van der Waals surface area (Å²) in [6.45, 7) is 4.35. The summed E-state index contributed by atoms with van der Waals surface area (Å²) < 4.78 is 5.59. The highest BCUT2D eigenvalue weighted by Crippen LogP contribution is 2.16. The first-order chi connectivity index (χ1) is 12.1. The first kappa shape index (κ1) is 19.9. The summed E-state index contributed by atoms with van der Waals surface area (Å²) in [5, 5.41) is 3.26. The Morgan fingerprint density at radius 2 is 1.73 bits per heavy atom. The van der Waals surface area contributed by atoms with Crippen molar-refractivity contribution in [3.05, 3.63) is 65.7 Å². The van der Waals surface area contributed by atoms with Gasteiger partial charge < -0.3 is 15.0 Å². The van der Waals surface area contributed by atoms with Crippen LogP contribution in [0.15, 0.2) is 54.6 Å². The molecule has 1 N–H and O–H groups in total. The van der Waals surface area contributed by atoms with Crippen LogP contribution in [0.3, 0.4) is 0 Å². The predicted molar refractivity (Wildman–Crippen MR) is 103 cm³/mol. The average molecular weight is 375 g/mol. The summed E-state index contributed by atoms with van der Waals surface area (Å²) in [4.78, 5) is 26.5. The molecule has 1 aliphatic heterocycles. The number of rotatable bonds is 5. The first-order valence-electron chi connectivity index (χ1n) is 8.48. The fourth-order valence-electron chi connectivity index (χ4n) is 2.90. The van der Waals surface area contributed by atoms with Crippen LogP contribution in [0, 0.1) is 0 Å². The molecule has 6 heteroatoms. The van der Waals surface area contributed by atoms with Crippen LogP contribution < -0.4 is 10.1 Å². The summed E-state index contributed by atoms with van der Waals surface area (Å²) in [6.07, 6.45) is 0. The molecule has 5 nitrogen and oxygen atoms in total. The zero-order valence-electron chi connectivity index (χ0n) is 14.7. The van der Waals surface area contributed by atoms with E-state index in [1.54, 1.807) is 36.4 Å². The number of carbonyl (C=O) groups excluding carboxylic acids is 2. The molecule has 1 amide bonds. The van der Waals surface area contributed by atoms with Crippen LogP contribution >= 0.6 is 12.4 Å². The van der Waals surface area contributed by atoms with Crippen molar-refractivity contribution in [3.63, 3.8) is 0 Å². The van der Waals surface area contributed by atoms with Gasteiger partial charge in [0.25, 0.3) is 5.91 Å². The lowest BCUT2D eigenvalue weighted by atomic mass is 10.0. The summed E-state index contributed by atoms with van der Waals surface area (Å²) in [6, 6.07) is 16.2. The van der Waals surface area contributed by atoms with Crippen molar-refractivity contribution in [2.45, 2.75) is 13.0 Å². The third-order valence-corrected chi connectivity index (χ3v) is 4.34. The fraction of sp³-hybridized carbons (Fsp3) is 0.300. The number of ether oxygens (including phenoxy) is 1. The molecule has 0 radical (unpaired) electrons. The molecular weight excluding hydrogens is 352 g/mol. The highest BCUT2D eigenvalue weighted by molar-refractivity contribution is 6.08. The van der Waals surface area contributed by atoms with E-state index in [4.69, 9.17) is 4.74 Å². The monoisotopic (exact) mass is 374 g/mol. The van der Waals surface area contributed by atoms with Crippen molar-refractivity contribution >= 4 is 24.1 Å². The third kappa shape index (κ3) is 4.84. The highest BCUT2D eigenvalue weighted by atomic mass is 35.5. The minimum atomic E-state index is -0.0298. The van der Waals surface area contributed by atoms with Crippen LogP contribution in [0.4, 0.5) is 0 Å². The molecule has 0 aromatic heterocycles. The largest absolute Gasteiger partial charge is 0.484 e. The zero-order valence-corrected chi connectivity index (χ0v) is 15.5. The number of piperazine rings is 1. The van der Waals surface area contributed by atoms with Gasteiger partial charge in [-0.15, -0.1) is 12.4 Å². The highest BCUT2D eigenvalue weighted by Gasteiger charge is 2.23. The molecule has 0 spiro atoms. The number of ketones is 1. The van der Waals surface area contributed by atoms with Gasteiger partial charge in [0, 0.05) is 36.8 Å². The Balaban J connectivity index is 0.00000243. The maximum absolute atomic E-state index is 12.4. The SMILES string of the molecule is C[C@@H]1CNCCN1C(=O)COc1ccc(C(=O)c2ccccc2)cc1.Cl. The maximum atomic E-state index is 12.4. The number of halogens is 1. The first-order valence-corrected chi connectivity index (χ1v) is 8.48. The smallest absolute Gasteiger partial charge is 0.260 e. The van der Waals surface area contributed by atoms with E-state index in [1.807, 2.05) is 30.0 Å². The van der Waals surface area contributed by atoms with Crippen LogP contribution in [-0.2, 0) is 4.79 Å². The van der Waals surface area contributed by atoms with Crippen molar-refractivity contribution in [2.24, 2.45) is 0 Å². The molecule has 1 fully saturated rings. The van der Waals surface area contributed by atoms with E-state index in [0.717, 1.165) is 13.1 Å². The fourth-order valence-corrected chi connectivity index (χ4v) is 2.90. The minimum absolute atomic E-state index is 0. The maximum Gasteiger partial charge on any atom is 0.260 e. The molecular formula is C20H23ClN2O3. The molecule has 1 heterocycles. The van der Waals surface area contributed by atoms with Crippen LogP contribution in [0.1, 0.15) is 22.8 Å². The van der Waals surface area contributed by atoms with Gasteiger partial charge in [-0.25, -0.2) is 0 Å². The molecule has 2 aromatic rings. The zero-order chi connectivity index (χ0) is 17.6. The summed E-state index contributed by atoms with van der Waals surface area (Å²) >= 11 is 0. The van der Waals surface area contributed by atoms with E-state index >= 15 is 0 Å². The summed E-state index contributed by atoms with van der Waals surface area (Å²) in [7, 11) is 0. The van der Waals surface area contributed by atoms with Gasteiger partial charge in [-0.2, -0.15) is 0 Å². The molecule has 1 saturated heterocycles. The van der Waals surface area contributed by atoms with Crippen LogP contribution in [0.5, 0.6) is 5.75 Å². The number of benzene rings is 2. The van der Waals surface area contributed by atoms with Gasteiger partial charge in [-0.3, -0.25) is 9.59 Å². The standard InChI is InChI=1S/C20H22N2O3.ClH/c1-15-13-21-11-12-22(15)19(23)14-25-18-9-7-17(8-10-18)20(24)16-5-3-2-4-6-16;/h2-10,15,21H,11-14H2,1H3;1H/t15-;/m1./s1. The van der Waals surface area contributed by atoms with E-state index in [0.29, 0.717) is 23.4 Å². The lowest BCUT2D eigenvalue weighted by molar-refractivity contribution is -0.136. The van der Waals surface area contributed by atoms with Crippen molar-refractivity contribution in [3.8, 4) is 5.75 Å². The van der Waals surface area contributed by atoms with Crippen LogP contribution in [0.25, 0.3) is 0 Å². The van der Waals surface area contributed by atoms with Crippen LogP contribution in [-0.4, -0.2) is 48.9 Å². The molecule has 0 saturated carbocycles. The Kier molecular flexibility index (Phi) is 7.18. The van der Waals surface area contributed by atoms with Crippen molar-refractivity contribution in [2.75, 3.05) is 26.2 Å². The molecule has 2 aromatic carbocycles. The molecule has 0 bridgehead atoms. The average Bonchev–Trinajstić information content (AvgIpc) is 2.67. The topological polar surface area (TPSA) is 58.6 Å². The lowest BCUT2D eigenvalue weighted by Crippen LogP contribution is -2.53. The van der Waals surface area contributed by atoms with Crippen molar-refractivity contribution in [1.29, 1.82) is 0 Å². The molecule has 1 atom stereocenters. The second-order valence-electron chi connectivity index (χ2n) is 6.15. The predicted octanol–water partition coefficient (Wildman–Crippen LogP) is 2.54. The Labute approximate surface area is 159 Å². The Hall–Kier alpha value is -2.37. The van der Waals surface area contributed by atoms with Gasteiger partial charge in [0.2, 0.25) is 0 Å². The second-order valence-corrected chi connectivity index (χ2v) is 6.15. The Morgan fingerprint density at radius 3 is 2.38 bits per heavy atom. The van der Waals surface area contributed by atoms with E-state index in [-0.39, 0.29) is 36.7 Å². The molecule has 3 rings (SSSR count). The van der Waals surface area contributed by atoms with Crippen LogP contribution in [0.2, 0.25) is 0 Å². The summed E-state index contributed by atoms with van der Waals surface area (Å²) in [5.74, 6) is 0.539. The number of amides is 1. The number of nitrogens with one attached hydrogen (secondary N) is 1. The Morgan fingerprint density at radius 1 is 1.08 bits per heavy atom. The van der Waals surface area contributed by atoms with Gasteiger partial charge in [-0.05, 0) is 31.2 Å². The van der Waals surface area contributed by atoms with Gasteiger partial charge in [0.15, 0.2) is 12.4 Å². The number of hydrogen-bond donors (Lipinski definition) is 1. The number of carbonyl (C=O) groups is 2. The quantitative estimate of drug-likeness (QED) is 0.817. The van der Waals surface area contributed by atoms with Gasteiger partial charge in [0.05, 0.1) is 0 Å². The number of hydrogen-bond acceptors (Lipinski definition) is 4. The molecule has 1 aliphatic rings.